The van der Waals surface area contributed by atoms with Crippen molar-refractivity contribution in [1.29, 1.82) is 0 Å². The molecule has 0 heterocycles. The smallest absolute Gasteiger partial charge is 0.330 e. The molecule has 1 aromatic rings. The topological polar surface area (TPSA) is 69.4 Å². The van der Waals surface area contributed by atoms with Gasteiger partial charge in [-0.1, -0.05) is 6.07 Å². The lowest BCUT2D eigenvalue weighted by Gasteiger charge is -1.97. The number of non-ortho nitro benzene ring substituents is 1. The molecule has 5 heteroatoms. The molecular formula is C11H11NO4. The first-order valence-electron chi connectivity index (χ1n) is 4.55. The van der Waals surface area contributed by atoms with E-state index in [0.29, 0.717) is 5.56 Å². The van der Waals surface area contributed by atoms with Crippen molar-refractivity contribution in [2.45, 2.75) is 6.92 Å². The van der Waals surface area contributed by atoms with E-state index < -0.39 is 10.9 Å². The Balaban J connectivity index is 3.01. The van der Waals surface area contributed by atoms with Crippen molar-refractivity contribution in [3.8, 4) is 0 Å². The van der Waals surface area contributed by atoms with E-state index in [-0.39, 0.29) is 5.69 Å². The first-order chi connectivity index (χ1) is 7.52. The molecule has 0 radical (unpaired) electrons. The number of aryl methyl sites for hydroxylation is 1. The monoisotopic (exact) mass is 221 g/mol. The van der Waals surface area contributed by atoms with Gasteiger partial charge in [0.1, 0.15) is 0 Å². The number of carbonyl (C=O) groups is 1. The van der Waals surface area contributed by atoms with Gasteiger partial charge in [-0.05, 0) is 24.1 Å². The maximum absolute atomic E-state index is 10.8. The Bertz CT molecular complexity index is 451. The third kappa shape index (κ3) is 3.20. The zero-order valence-electron chi connectivity index (χ0n) is 8.97. The summed E-state index contributed by atoms with van der Waals surface area (Å²) < 4.78 is 4.42. The maximum atomic E-state index is 10.8. The second-order valence-corrected chi connectivity index (χ2v) is 3.22. The summed E-state index contributed by atoms with van der Waals surface area (Å²) in [6, 6.07) is 4.61. The molecule has 0 aliphatic rings. The van der Waals surface area contributed by atoms with Crippen LogP contribution >= 0.6 is 0 Å². The molecule has 0 aromatic heterocycles. The van der Waals surface area contributed by atoms with Crippen LogP contribution in [0.1, 0.15) is 11.1 Å². The largest absolute Gasteiger partial charge is 0.466 e. The van der Waals surface area contributed by atoms with Crippen molar-refractivity contribution < 1.29 is 14.5 Å². The Hall–Kier alpha value is -2.17. The molecule has 0 amide bonds. The number of hydrogen-bond acceptors (Lipinski definition) is 4. The number of carbonyl (C=O) groups excluding carboxylic acids is 1. The van der Waals surface area contributed by atoms with E-state index in [2.05, 4.69) is 4.74 Å². The average molecular weight is 221 g/mol. The molecule has 1 rings (SSSR count). The van der Waals surface area contributed by atoms with Crippen LogP contribution in [0.25, 0.3) is 6.08 Å². The Morgan fingerprint density at radius 2 is 2.12 bits per heavy atom. The second-order valence-electron chi connectivity index (χ2n) is 3.22. The lowest BCUT2D eigenvalue weighted by Crippen LogP contribution is -1.94. The lowest BCUT2D eigenvalue weighted by atomic mass is 10.1. The van der Waals surface area contributed by atoms with Crippen LogP contribution in [0.4, 0.5) is 5.69 Å². The number of nitro benzene ring substituents is 1. The van der Waals surface area contributed by atoms with Crippen LogP contribution in [0, 0.1) is 17.0 Å². The fourth-order valence-electron chi connectivity index (χ4n) is 1.23. The zero-order valence-corrected chi connectivity index (χ0v) is 8.97. The first kappa shape index (κ1) is 11.9. The minimum Gasteiger partial charge on any atom is -0.466 e. The van der Waals surface area contributed by atoms with Crippen LogP contribution < -0.4 is 0 Å². The minimum atomic E-state index is -0.496. The molecule has 0 aliphatic carbocycles. The van der Waals surface area contributed by atoms with Crippen molar-refractivity contribution >= 4 is 17.7 Å². The summed E-state index contributed by atoms with van der Waals surface area (Å²) in [5, 5.41) is 10.6. The van der Waals surface area contributed by atoms with E-state index in [1.807, 2.05) is 0 Å². The van der Waals surface area contributed by atoms with Gasteiger partial charge in [0.2, 0.25) is 0 Å². The predicted octanol–water partition coefficient (Wildman–Crippen LogP) is 2.09. The van der Waals surface area contributed by atoms with Crippen LogP contribution in [0.2, 0.25) is 0 Å². The van der Waals surface area contributed by atoms with Gasteiger partial charge in [-0.2, -0.15) is 0 Å². The van der Waals surface area contributed by atoms with Gasteiger partial charge >= 0.3 is 5.97 Å². The van der Waals surface area contributed by atoms with E-state index in [4.69, 9.17) is 0 Å². The summed E-state index contributed by atoms with van der Waals surface area (Å²) in [5.74, 6) is -0.496. The molecule has 84 valence electrons. The van der Waals surface area contributed by atoms with Crippen molar-refractivity contribution in [3.63, 3.8) is 0 Å². The van der Waals surface area contributed by atoms with Crippen LogP contribution in [0.5, 0.6) is 0 Å². The third-order valence-corrected chi connectivity index (χ3v) is 1.91. The van der Waals surface area contributed by atoms with Crippen molar-refractivity contribution in [3.05, 3.63) is 45.5 Å². The SMILES string of the molecule is COC(=O)C=Cc1cc(C)cc([N+](=O)[O-])c1. The maximum Gasteiger partial charge on any atom is 0.330 e. The quantitative estimate of drug-likeness (QED) is 0.339. The minimum absolute atomic E-state index is 0.00418. The van der Waals surface area contributed by atoms with E-state index in [1.54, 1.807) is 13.0 Å². The molecule has 16 heavy (non-hydrogen) atoms. The fourth-order valence-corrected chi connectivity index (χ4v) is 1.23. The molecule has 0 bridgehead atoms. The summed E-state index contributed by atoms with van der Waals surface area (Å²) in [6.07, 6.45) is 2.70. The average Bonchev–Trinajstić information content (AvgIpc) is 2.25. The summed E-state index contributed by atoms with van der Waals surface area (Å²) >= 11 is 0. The van der Waals surface area contributed by atoms with Crippen LogP contribution in [0.15, 0.2) is 24.3 Å². The van der Waals surface area contributed by atoms with Crippen LogP contribution in [-0.2, 0) is 9.53 Å². The van der Waals surface area contributed by atoms with Crippen LogP contribution in [-0.4, -0.2) is 18.0 Å². The number of nitrogens with zero attached hydrogens (tertiary/aromatic N) is 1. The second kappa shape index (κ2) is 5.06. The normalized spacial score (nSPS) is 10.4. The molecule has 0 spiro atoms. The molecule has 5 nitrogen and oxygen atoms in total. The Labute approximate surface area is 92.5 Å². The molecule has 0 aliphatic heterocycles. The summed E-state index contributed by atoms with van der Waals surface area (Å²) in [4.78, 5) is 21.0. The van der Waals surface area contributed by atoms with Crippen molar-refractivity contribution in [2.24, 2.45) is 0 Å². The van der Waals surface area contributed by atoms with Gasteiger partial charge < -0.3 is 4.74 Å². The lowest BCUT2D eigenvalue weighted by molar-refractivity contribution is -0.384. The van der Waals surface area contributed by atoms with Gasteiger partial charge in [-0.25, -0.2) is 4.79 Å². The molecule has 0 saturated heterocycles. The number of nitro groups is 1. The van der Waals surface area contributed by atoms with Crippen molar-refractivity contribution in [2.75, 3.05) is 7.11 Å². The number of rotatable bonds is 3. The van der Waals surface area contributed by atoms with Gasteiger partial charge in [0, 0.05) is 18.2 Å². The molecule has 0 saturated carbocycles. The molecule has 0 fully saturated rings. The third-order valence-electron chi connectivity index (χ3n) is 1.91. The van der Waals surface area contributed by atoms with Gasteiger partial charge in [0.25, 0.3) is 5.69 Å². The highest BCUT2D eigenvalue weighted by molar-refractivity contribution is 5.87. The summed E-state index contributed by atoms with van der Waals surface area (Å²) in [7, 11) is 1.27. The fraction of sp³-hybridized carbons (Fsp3) is 0.182. The van der Waals surface area contributed by atoms with Gasteiger partial charge in [-0.3, -0.25) is 10.1 Å². The highest BCUT2D eigenvalue weighted by atomic mass is 16.6. The number of methoxy groups -OCH3 is 1. The summed E-state index contributed by atoms with van der Waals surface area (Å²) in [5.41, 5.74) is 1.36. The van der Waals surface area contributed by atoms with E-state index in [9.17, 15) is 14.9 Å². The summed E-state index contributed by atoms with van der Waals surface area (Å²) in [6.45, 7) is 1.75. The number of hydrogen-bond donors (Lipinski definition) is 0. The Morgan fingerprint density at radius 1 is 1.44 bits per heavy atom. The van der Waals surface area contributed by atoms with Crippen LogP contribution in [0.3, 0.4) is 0 Å². The van der Waals surface area contributed by atoms with Gasteiger partial charge in [0.05, 0.1) is 12.0 Å². The zero-order chi connectivity index (χ0) is 12.1. The number of benzene rings is 1. The van der Waals surface area contributed by atoms with E-state index in [1.165, 1.54) is 31.4 Å². The number of esters is 1. The van der Waals surface area contributed by atoms with Crippen molar-refractivity contribution in [1.82, 2.24) is 0 Å². The molecule has 1 aromatic carbocycles. The highest BCUT2D eigenvalue weighted by Gasteiger charge is 2.06. The van der Waals surface area contributed by atoms with E-state index in [0.717, 1.165) is 5.56 Å². The van der Waals surface area contributed by atoms with Gasteiger partial charge in [-0.15, -0.1) is 0 Å². The molecule has 0 N–H and O–H groups in total. The molecular weight excluding hydrogens is 210 g/mol. The van der Waals surface area contributed by atoms with Gasteiger partial charge in [0.15, 0.2) is 0 Å². The molecule has 0 atom stereocenters. The standard InChI is InChI=1S/C11H11NO4/c1-8-5-9(3-4-11(13)16-2)7-10(6-8)12(14)15/h3-7H,1-2H3. The predicted molar refractivity (Wildman–Crippen MR) is 58.9 cm³/mol. The first-order valence-corrected chi connectivity index (χ1v) is 4.55. The molecule has 0 unspecified atom stereocenters. The number of ether oxygens (including phenoxy) is 1. The Kier molecular flexibility index (Phi) is 3.77. The Morgan fingerprint density at radius 3 is 2.69 bits per heavy atom. The van der Waals surface area contributed by atoms with E-state index >= 15 is 0 Å². The highest BCUT2D eigenvalue weighted by Crippen LogP contribution is 2.17.